The predicted molar refractivity (Wildman–Crippen MR) is 65.9 cm³/mol. The van der Waals surface area contributed by atoms with Crippen LogP contribution < -0.4 is 10.5 Å². The van der Waals surface area contributed by atoms with E-state index in [1.165, 1.54) is 0 Å². The van der Waals surface area contributed by atoms with Crippen LogP contribution in [0.4, 0.5) is 5.95 Å². The Morgan fingerprint density at radius 3 is 2.62 bits per heavy atom. The average molecular weight is 217 g/mol. The molecule has 4 heteroatoms. The molecule has 0 saturated carbocycles. The third-order valence-corrected chi connectivity index (χ3v) is 2.66. The maximum atomic E-state index is 11.8. The van der Waals surface area contributed by atoms with Crippen LogP contribution in [-0.4, -0.2) is 23.1 Å². The molecule has 0 radical (unpaired) electrons. The van der Waals surface area contributed by atoms with E-state index in [0.717, 1.165) is 18.6 Å². The number of nitrogens with zero attached hydrogens (tertiary/aromatic N) is 2. The van der Waals surface area contributed by atoms with E-state index in [9.17, 15) is 4.79 Å². The number of hydrogen-bond donors (Lipinski definition) is 1. The van der Waals surface area contributed by atoms with Gasteiger partial charge in [-0.15, -0.1) is 0 Å². The van der Waals surface area contributed by atoms with Crippen LogP contribution in [0.15, 0.2) is 29.1 Å². The third-order valence-electron chi connectivity index (χ3n) is 2.66. The van der Waals surface area contributed by atoms with Gasteiger partial charge in [0.05, 0.1) is 10.9 Å². The van der Waals surface area contributed by atoms with Crippen LogP contribution in [0.2, 0.25) is 0 Å². The van der Waals surface area contributed by atoms with Crippen molar-refractivity contribution in [2.24, 2.45) is 0 Å². The van der Waals surface area contributed by atoms with Crippen LogP contribution in [-0.2, 0) is 0 Å². The molecule has 16 heavy (non-hydrogen) atoms. The summed E-state index contributed by atoms with van der Waals surface area (Å²) in [6, 6.07) is 7.38. The molecule has 0 fully saturated rings. The van der Waals surface area contributed by atoms with Crippen LogP contribution in [0.1, 0.15) is 13.8 Å². The molecule has 1 aromatic heterocycles. The van der Waals surface area contributed by atoms with Gasteiger partial charge >= 0.3 is 0 Å². The summed E-state index contributed by atoms with van der Waals surface area (Å²) in [6.45, 7) is 5.74. The molecule has 0 aliphatic carbocycles. The zero-order valence-corrected chi connectivity index (χ0v) is 9.53. The number of H-pyrrole nitrogens is 1. The van der Waals surface area contributed by atoms with Crippen LogP contribution in [0.3, 0.4) is 0 Å². The lowest BCUT2D eigenvalue weighted by Gasteiger charge is -2.18. The molecule has 0 saturated heterocycles. The number of aromatic nitrogens is 2. The molecule has 0 amide bonds. The van der Waals surface area contributed by atoms with Crippen molar-refractivity contribution in [2.75, 3.05) is 18.0 Å². The van der Waals surface area contributed by atoms with Crippen molar-refractivity contribution < 1.29 is 0 Å². The number of rotatable bonds is 3. The fourth-order valence-corrected chi connectivity index (χ4v) is 1.75. The highest BCUT2D eigenvalue weighted by Gasteiger charge is 2.07. The molecule has 4 nitrogen and oxygen atoms in total. The van der Waals surface area contributed by atoms with E-state index in [1.807, 2.05) is 36.9 Å². The van der Waals surface area contributed by atoms with Crippen molar-refractivity contribution in [3.8, 4) is 0 Å². The summed E-state index contributed by atoms with van der Waals surface area (Å²) in [6.07, 6.45) is 0. The van der Waals surface area contributed by atoms with Gasteiger partial charge in [-0.25, -0.2) is 4.98 Å². The van der Waals surface area contributed by atoms with Crippen LogP contribution in [0.25, 0.3) is 10.9 Å². The third kappa shape index (κ3) is 1.78. The molecule has 0 aliphatic rings. The fraction of sp³-hybridized carbons (Fsp3) is 0.333. The van der Waals surface area contributed by atoms with Crippen LogP contribution in [0.5, 0.6) is 0 Å². The van der Waals surface area contributed by atoms with Gasteiger partial charge in [0, 0.05) is 13.1 Å². The van der Waals surface area contributed by atoms with E-state index < -0.39 is 0 Å². The number of nitrogens with one attached hydrogen (secondary N) is 1. The smallest absolute Gasteiger partial charge is 0.260 e. The number of hydrogen-bond acceptors (Lipinski definition) is 3. The molecule has 2 rings (SSSR count). The molecule has 1 aromatic carbocycles. The quantitative estimate of drug-likeness (QED) is 0.852. The van der Waals surface area contributed by atoms with Gasteiger partial charge in [0.25, 0.3) is 5.56 Å². The minimum atomic E-state index is -0.0764. The summed E-state index contributed by atoms with van der Waals surface area (Å²) in [5.41, 5.74) is 0.667. The number of fused-ring (bicyclic) bond motifs is 1. The van der Waals surface area contributed by atoms with E-state index >= 15 is 0 Å². The van der Waals surface area contributed by atoms with E-state index in [2.05, 4.69) is 9.97 Å². The molecule has 84 valence electrons. The monoisotopic (exact) mass is 217 g/mol. The van der Waals surface area contributed by atoms with Crippen molar-refractivity contribution in [3.05, 3.63) is 34.6 Å². The molecule has 1 N–H and O–H groups in total. The number of anilines is 1. The Bertz CT molecular complexity index is 543. The first-order valence-electron chi connectivity index (χ1n) is 5.50. The maximum Gasteiger partial charge on any atom is 0.260 e. The Balaban J connectivity index is 2.62. The van der Waals surface area contributed by atoms with Gasteiger partial charge < -0.3 is 4.90 Å². The standard InChI is InChI=1S/C12H15N3O/c1-3-15(4-2)12-13-10-8-6-5-7-9(10)11(16)14-12/h5-8H,3-4H2,1-2H3,(H,13,14,16). The highest BCUT2D eigenvalue weighted by Crippen LogP contribution is 2.10. The molecular weight excluding hydrogens is 202 g/mol. The zero-order chi connectivity index (χ0) is 11.5. The molecule has 0 aliphatic heterocycles. The maximum absolute atomic E-state index is 11.8. The second-order valence-electron chi connectivity index (χ2n) is 3.58. The summed E-state index contributed by atoms with van der Waals surface area (Å²) >= 11 is 0. The Morgan fingerprint density at radius 1 is 1.25 bits per heavy atom. The van der Waals surface area contributed by atoms with Crippen molar-refractivity contribution in [1.82, 2.24) is 9.97 Å². The summed E-state index contributed by atoms with van der Waals surface area (Å²) < 4.78 is 0. The summed E-state index contributed by atoms with van der Waals surface area (Å²) in [7, 11) is 0. The normalized spacial score (nSPS) is 10.6. The minimum Gasteiger partial charge on any atom is -0.343 e. The zero-order valence-electron chi connectivity index (χ0n) is 9.53. The fourth-order valence-electron chi connectivity index (χ4n) is 1.75. The summed E-state index contributed by atoms with van der Waals surface area (Å²) in [5.74, 6) is 0.647. The lowest BCUT2D eigenvalue weighted by atomic mass is 10.2. The van der Waals surface area contributed by atoms with Crippen molar-refractivity contribution in [3.63, 3.8) is 0 Å². The second-order valence-corrected chi connectivity index (χ2v) is 3.58. The van der Waals surface area contributed by atoms with Crippen molar-refractivity contribution >= 4 is 16.9 Å². The Labute approximate surface area is 93.9 Å². The Kier molecular flexibility index (Phi) is 2.90. The molecule has 0 atom stereocenters. The minimum absolute atomic E-state index is 0.0764. The molecule has 1 heterocycles. The van der Waals surface area contributed by atoms with Gasteiger partial charge in [-0.2, -0.15) is 0 Å². The first-order valence-corrected chi connectivity index (χ1v) is 5.50. The van der Waals surface area contributed by atoms with Gasteiger partial charge in [0.15, 0.2) is 0 Å². The molecule has 0 bridgehead atoms. The highest BCUT2D eigenvalue weighted by atomic mass is 16.1. The number of benzene rings is 1. The van der Waals surface area contributed by atoms with Crippen LogP contribution in [0, 0.1) is 0 Å². The van der Waals surface area contributed by atoms with Gasteiger partial charge in [0.2, 0.25) is 5.95 Å². The first-order chi connectivity index (χ1) is 7.76. The van der Waals surface area contributed by atoms with E-state index in [-0.39, 0.29) is 5.56 Å². The molecule has 0 unspecified atom stereocenters. The topological polar surface area (TPSA) is 49.0 Å². The summed E-state index contributed by atoms with van der Waals surface area (Å²) in [5, 5.41) is 0.637. The Hall–Kier alpha value is -1.84. The molecular formula is C12H15N3O. The summed E-state index contributed by atoms with van der Waals surface area (Å²) in [4.78, 5) is 21.1. The largest absolute Gasteiger partial charge is 0.343 e. The van der Waals surface area contributed by atoms with Crippen molar-refractivity contribution in [2.45, 2.75) is 13.8 Å². The van der Waals surface area contributed by atoms with Gasteiger partial charge in [-0.05, 0) is 26.0 Å². The number of aromatic amines is 1. The second kappa shape index (κ2) is 4.35. The van der Waals surface area contributed by atoms with E-state index in [1.54, 1.807) is 6.07 Å². The lowest BCUT2D eigenvalue weighted by molar-refractivity contribution is 0.822. The van der Waals surface area contributed by atoms with Gasteiger partial charge in [-0.3, -0.25) is 9.78 Å². The van der Waals surface area contributed by atoms with Crippen molar-refractivity contribution in [1.29, 1.82) is 0 Å². The predicted octanol–water partition coefficient (Wildman–Crippen LogP) is 1.77. The highest BCUT2D eigenvalue weighted by molar-refractivity contribution is 5.78. The number of para-hydroxylation sites is 1. The molecule has 0 spiro atoms. The molecule has 2 aromatic rings. The van der Waals surface area contributed by atoms with Crippen LogP contribution >= 0.6 is 0 Å². The lowest BCUT2D eigenvalue weighted by Crippen LogP contribution is -2.26. The van der Waals surface area contributed by atoms with E-state index in [0.29, 0.717) is 11.3 Å². The van der Waals surface area contributed by atoms with Gasteiger partial charge in [-0.1, -0.05) is 12.1 Å². The first kappa shape index (κ1) is 10.7. The van der Waals surface area contributed by atoms with Gasteiger partial charge in [0.1, 0.15) is 0 Å². The van der Waals surface area contributed by atoms with E-state index in [4.69, 9.17) is 0 Å². The SMILES string of the molecule is CCN(CC)c1nc2ccccc2c(=O)[nH]1. The Morgan fingerprint density at radius 2 is 1.94 bits per heavy atom. The average Bonchev–Trinajstić information content (AvgIpc) is 2.31.